The van der Waals surface area contributed by atoms with Crippen LogP contribution in [0.4, 0.5) is 0 Å². The lowest BCUT2D eigenvalue weighted by Gasteiger charge is -2.09. The van der Waals surface area contributed by atoms with Gasteiger partial charge in [-0.2, -0.15) is 0 Å². The van der Waals surface area contributed by atoms with Crippen molar-refractivity contribution in [3.05, 3.63) is 36.0 Å². The van der Waals surface area contributed by atoms with E-state index in [4.69, 9.17) is 5.11 Å². The van der Waals surface area contributed by atoms with Gasteiger partial charge >= 0.3 is 5.97 Å². The highest BCUT2D eigenvalue weighted by Gasteiger charge is 2.15. The van der Waals surface area contributed by atoms with Crippen molar-refractivity contribution in [2.24, 2.45) is 5.92 Å². The van der Waals surface area contributed by atoms with Crippen molar-refractivity contribution in [2.75, 3.05) is 6.54 Å². The van der Waals surface area contributed by atoms with E-state index in [0.29, 0.717) is 12.1 Å². The molecule has 0 radical (unpaired) electrons. The summed E-state index contributed by atoms with van der Waals surface area (Å²) < 4.78 is 2.03. The SMILES string of the molecule is CCn1cc(C(=O)NCC(C)CC(=O)O)c2ccccc21. The Kier molecular flexibility index (Phi) is 4.62. The smallest absolute Gasteiger partial charge is 0.303 e. The van der Waals surface area contributed by atoms with Gasteiger partial charge in [0.1, 0.15) is 0 Å². The number of rotatable bonds is 6. The van der Waals surface area contributed by atoms with Crippen molar-refractivity contribution in [3.8, 4) is 0 Å². The summed E-state index contributed by atoms with van der Waals surface area (Å²) in [7, 11) is 0. The molecule has 0 spiro atoms. The number of carbonyl (C=O) groups excluding carboxylic acids is 1. The van der Waals surface area contributed by atoms with Crippen molar-refractivity contribution in [1.29, 1.82) is 0 Å². The molecule has 0 fully saturated rings. The first kappa shape index (κ1) is 15.1. The Morgan fingerprint density at radius 1 is 1.33 bits per heavy atom. The average molecular weight is 288 g/mol. The highest BCUT2D eigenvalue weighted by atomic mass is 16.4. The molecule has 0 saturated carbocycles. The van der Waals surface area contributed by atoms with E-state index in [0.717, 1.165) is 17.4 Å². The van der Waals surface area contributed by atoms with E-state index in [9.17, 15) is 9.59 Å². The molecule has 1 amide bonds. The fourth-order valence-corrected chi connectivity index (χ4v) is 2.42. The summed E-state index contributed by atoms with van der Waals surface area (Å²) in [6.07, 6.45) is 1.90. The van der Waals surface area contributed by atoms with Gasteiger partial charge in [0.2, 0.25) is 0 Å². The number of para-hydroxylation sites is 1. The fourth-order valence-electron chi connectivity index (χ4n) is 2.42. The lowest BCUT2D eigenvalue weighted by molar-refractivity contribution is -0.137. The maximum Gasteiger partial charge on any atom is 0.303 e. The van der Waals surface area contributed by atoms with Crippen LogP contribution in [0, 0.1) is 5.92 Å². The Hall–Kier alpha value is -2.30. The van der Waals surface area contributed by atoms with E-state index < -0.39 is 5.97 Å². The number of hydrogen-bond acceptors (Lipinski definition) is 2. The summed E-state index contributed by atoms with van der Waals surface area (Å²) in [5.74, 6) is -1.10. The third kappa shape index (κ3) is 3.42. The van der Waals surface area contributed by atoms with Gasteiger partial charge in [0.05, 0.1) is 5.56 Å². The highest BCUT2D eigenvalue weighted by molar-refractivity contribution is 6.07. The maximum absolute atomic E-state index is 12.3. The van der Waals surface area contributed by atoms with Crippen LogP contribution in [0.15, 0.2) is 30.5 Å². The number of nitrogens with one attached hydrogen (secondary N) is 1. The summed E-state index contributed by atoms with van der Waals surface area (Å²) in [4.78, 5) is 22.9. The number of carboxylic acids is 1. The minimum atomic E-state index is -0.848. The molecule has 1 heterocycles. The van der Waals surface area contributed by atoms with Gasteiger partial charge in [-0.3, -0.25) is 9.59 Å². The predicted molar refractivity (Wildman–Crippen MR) is 81.4 cm³/mol. The lowest BCUT2D eigenvalue weighted by atomic mass is 10.1. The van der Waals surface area contributed by atoms with Crippen molar-refractivity contribution < 1.29 is 14.7 Å². The number of hydrogen-bond donors (Lipinski definition) is 2. The topological polar surface area (TPSA) is 71.3 Å². The van der Waals surface area contributed by atoms with Crippen LogP contribution in [0.3, 0.4) is 0 Å². The van der Waals surface area contributed by atoms with Crippen LogP contribution in [-0.2, 0) is 11.3 Å². The van der Waals surface area contributed by atoms with E-state index in [1.807, 2.05) is 48.9 Å². The molecule has 2 aromatic rings. The normalized spacial score (nSPS) is 12.3. The van der Waals surface area contributed by atoms with Gasteiger partial charge in [-0.05, 0) is 18.9 Å². The van der Waals surface area contributed by atoms with Crippen LogP contribution in [0.1, 0.15) is 30.6 Å². The average Bonchev–Trinajstić information content (AvgIpc) is 2.83. The zero-order valence-corrected chi connectivity index (χ0v) is 12.3. The third-order valence-electron chi connectivity index (χ3n) is 3.51. The second-order valence-electron chi connectivity index (χ2n) is 5.26. The molecule has 0 bridgehead atoms. The molecule has 2 rings (SSSR count). The second-order valence-corrected chi connectivity index (χ2v) is 5.26. The molecule has 0 aliphatic heterocycles. The number of amides is 1. The number of benzene rings is 1. The first-order chi connectivity index (χ1) is 10.0. The van der Waals surface area contributed by atoms with Crippen LogP contribution in [0.25, 0.3) is 10.9 Å². The van der Waals surface area contributed by atoms with Gasteiger partial charge < -0.3 is 15.0 Å². The molecule has 5 heteroatoms. The molecule has 1 aromatic heterocycles. The Labute approximate surface area is 123 Å². The molecule has 0 aliphatic rings. The Morgan fingerprint density at radius 3 is 2.71 bits per heavy atom. The quantitative estimate of drug-likeness (QED) is 0.858. The van der Waals surface area contributed by atoms with E-state index in [2.05, 4.69) is 5.32 Å². The van der Waals surface area contributed by atoms with Crippen molar-refractivity contribution >= 4 is 22.8 Å². The van der Waals surface area contributed by atoms with Crippen molar-refractivity contribution in [1.82, 2.24) is 9.88 Å². The number of aliphatic carboxylic acids is 1. The Bertz CT molecular complexity index is 661. The molecule has 112 valence electrons. The Morgan fingerprint density at radius 2 is 2.05 bits per heavy atom. The summed E-state index contributed by atoms with van der Waals surface area (Å²) in [6.45, 7) is 4.99. The van der Waals surface area contributed by atoms with Gasteiger partial charge in [-0.25, -0.2) is 0 Å². The molecule has 21 heavy (non-hydrogen) atoms. The first-order valence-corrected chi connectivity index (χ1v) is 7.10. The molecule has 1 atom stereocenters. The van der Waals surface area contributed by atoms with E-state index in [1.165, 1.54) is 0 Å². The van der Waals surface area contributed by atoms with Crippen molar-refractivity contribution in [3.63, 3.8) is 0 Å². The van der Waals surface area contributed by atoms with Crippen molar-refractivity contribution in [2.45, 2.75) is 26.8 Å². The van der Waals surface area contributed by atoms with Gasteiger partial charge in [0.15, 0.2) is 0 Å². The minimum Gasteiger partial charge on any atom is -0.481 e. The molecular formula is C16H20N2O3. The third-order valence-corrected chi connectivity index (χ3v) is 3.51. The number of fused-ring (bicyclic) bond motifs is 1. The van der Waals surface area contributed by atoms with Crippen LogP contribution < -0.4 is 5.32 Å². The first-order valence-electron chi connectivity index (χ1n) is 7.10. The predicted octanol–water partition coefficient (Wildman–Crippen LogP) is 2.50. The van der Waals surface area contributed by atoms with E-state index in [-0.39, 0.29) is 18.2 Å². The highest BCUT2D eigenvalue weighted by Crippen LogP contribution is 2.21. The lowest BCUT2D eigenvalue weighted by Crippen LogP contribution is -2.29. The van der Waals surface area contributed by atoms with Crippen LogP contribution in [0.5, 0.6) is 0 Å². The van der Waals surface area contributed by atoms with Gasteiger partial charge in [-0.1, -0.05) is 25.1 Å². The number of nitrogens with zero attached hydrogens (tertiary/aromatic N) is 1. The Balaban J connectivity index is 2.14. The summed E-state index contributed by atoms with van der Waals surface area (Å²) in [5.41, 5.74) is 1.67. The van der Waals surface area contributed by atoms with E-state index >= 15 is 0 Å². The van der Waals surface area contributed by atoms with Gasteiger partial charge in [0, 0.05) is 36.6 Å². The van der Waals surface area contributed by atoms with Crippen LogP contribution >= 0.6 is 0 Å². The molecule has 5 nitrogen and oxygen atoms in total. The van der Waals surface area contributed by atoms with E-state index in [1.54, 1.807) is 0 Å². The maximum atomic E-state index is 12.3. The molecule has 1 unspecified atom stereocenters. The van der Waals surface area contributed by atoms with Crippen LogP contribution in [0.2, 0.25) is 0 Å². The van der Waals surface area contributed by atoms with Gasteiger partial charge in [0.25, 0.3) is 5.91 Å². The molecule has 0 saturated heterocycles. The monoisotopic (exact) mass is 288 g/mol. The zero-order chi connectivity index (χ0) is 15.4. The molecule has 0 aliphatic carbocycles. The minimum absolute atomic E-state index is 0.0526. The second kappa shape index (κ2) is 6.43. The number of carboxylic acid groups (broad SMARTS) is 1. The zero-order valence-electron chi connectivity index (χ0n) is 12.3. The summed E-state index contributed by atoms with van der Waals surface area (Å²) in [6, 6.07) is 7.77. The number of aryl methyl sites for hydroxylation is 1. The molecule has 1 aromatic carbocycles. The molecular weight excluding hydrogens is 268 g/mol. The largest absolute Gasteiger partial charge is 0.481 e. The summed E-state index contributed by atoms with van der Waals surface area (Å²) >= 11 is 0. The van der Waals surface area contributed by atoms with Crippen LogP contribution in [-0.4, -0.2) is 28.1 Å². The number of carbonyl (C=O) groups is 2. The van der Waals surface area contributed by atoms with Gasteiger partial charge in [-0.15, -0.1) is 0 Å². The fraction of sp³-hybridized carbons (Fsp3) is 0.375. The summed E-state index contributed by atoms with van der Waals surface area (Å²) in [5, 5.41) is 12.5. The standard InChI is InChI=1S/C16H20N2O3/c1-3-18-10-13(12-6-4-5-7-14(12)18)16(21)17-9-11(2)8-15(19)20/h4-7,10-11H,3,8-9H2,1-2H3,(H,17,21)(H,19,20). The number of aromatic nitrogens is 1. The molecule has 2 N–H and O–H groups in total.